The lowest BCUT2D eigenvalue weighted by Gasteiger charge is -2.34. The first-order valence-corrected chi connectivity index (χ1v) is 10.5. The summed E-state index contributed by atoms with van der Waals surface area (Å²) < 4.78 is 39.6. The van der Waals surface area contributed by atoms with E-state index in [0.29, 0.717) is 0 Å². The fourth-order valence-electron chi connectivity index (χ4n) is 4.65. The first-order chi connectivity index (χ1) is 14.2. The summed E-state index contributed by atoms with van der Waals surface area (Å²) in [5, 5.41) is 2.93. The van der Waals surface area contributed by atoms with Crippen molar-refractivity contribution in [2.75, 3.05) is 16.8 Å². The van der Waals surface area contributed by atoms with Gasteiger partial charge in [-0.1, -0.05) is 6.07 Å². The summed E-state index contributed by atoms with van der Waals surface area (Å²) in [4.78, 5) is 14.6. The normalized spacial score (nSPS) is 18.4. The molecule has 1 fully saturated rings. The highest BCUT2D eigenvalue weighted by molar-refractivity contribution is 5.93. The Balaban J connectivity index is 1.47. The molecule has 6 heteroatoms. The van der Waals surface area contributed by atoms with Crippen molar-refractivity contribution in [2.24, 2.45) is 5.92 Å². The van der Waals surface area contributed by atoms with Crippen molar-refractivity contribution in [1.29, 1.82) is 0 Å². The predicted octanol–water partition coefficient (Wildman–Crippen LogP) is 5.77. The Hall–Kier alpha value is -2.50. The van der Waals surface area contributed by atoms with Crippen LogP contribution in [-0.2, 0) is 17.8 Å². The Labute approximate surface area is 175 Å². The highest BCUT2D eigenvalue weighted by atomic mass is 19.3. The molecule has 0 spiro atoms. The zero-order valence-electron chi connectivity index (χ0n) is 17.4. The minimum absolute atomic E-state index is 0.135. The summed E-state index contributed by atoms with van der Waals surface area (Å²) in [5.41, 5.74) is 5.92. The summed E-state index contributed by atoms with van der Waals surface area (Å²) in [6.45, 7) is 5.49. The van der Waals surface area contributed by atoms with Crippen molar-refractivity contribution in [3.05, 3.63) is 58.4 Å². The molecule has 1 N–H and O–H groups in total. The van der Waals surface area contributed by atoms with E-state index in [0.717, 1.165) is 59.6 Å². The van der Waals surface area contributed by atoms with Gasteiger partial charge in [0, 0.05) is 43.7 Å². The second-order valence-corrected chi connectivity index (χ2v) is 8.78. The van der Waals surface area contributed by atoms with Crippen molar-refractivity contribution < 1.29 is 18.0 Å². The Bertz CT molecular complexity index is 942. The molecule has 0 radical (unpaired) electrons. The van der Waals surface area contributed by atoms with E-state index in [-0.39, 0.29) is 36.9 Å². The van der Waals surface area contributed by atoms with Gasteiger partial charge in [-0.2, -0.15) is 0 Å². The van der Waals surface area contributed by atoms with Crippen molar-refractivity contribution in [2.45, 2.75) is 58.4 Å². The second kappa shape index (κ2) is 7.97. The maximum Gasteiger partial charge on any atom is 0.248 e. The van der Waals surface area contributed by atoms with E-state index >= 15 is 0 Å². The Kier molecular flexibility index (Phi) is 5.51. The monoisotopic (exact) mass is 416 g/mol. The van der Waals surface area contributed by atoms with Crippen LogP contribution >= 0.6 is 0 Å². The molecule has 4 rings (SSSR count). The molecule has 1 aliphatic carbocycles. The lowest BCUT2D eigenvalue weighted by molar-refractivity contribution is -0.129. The third-order valence-corrected chi connectivity index (χ3v) is 6.20. The molecule has 0 aromatic heterocycles. The maximum atomic E-state index is 13.6. The van der Waals surface area contributed by atoms with E-state index in [9.17, 15) is 18.0 Å². The van der Waals surface area contributed by atoms with Gasteiger partial charge in [0.15, 0.2) is 0 Å². The van der Waals surface area contributed by atoms with E-state index in [2.05, 4.69) is 22.3 Å². The van der Waals surface area contributed by atoms with E-state index < -0.39 is 5.92 Å². The molecular weight excluding hydrogens is 389 g/mol. The average molecular weight is 416 g/mol. The molecule has 0 saturated heterocycles. The van der Waals surface area contributed by atoms with Gasteiger partial charge in [-0.3, -0.25) is 4.79 Å². The summed E-state index contributed by atoms with van der Waals surface area (Å²) in [6.07, 6.45) is 1.54. The number of nitrogens with zero attached hydrogens (tertiary/aromatic N) is 1. The van der Waals surface area contributed by atoms with Crippen molar-refractivity contribution in [3.8, 4) is 0 Å². The lowest BCUT2D eigenvalue weighted by atomic mass is 9.79. The number of fused-ring (bicyclic) bond motifs is 1. The highest BCUT2D eigenvalue weighted by Crippen LogP contribution is 2.44. The molecule has 0 atom stereocenters. The highest BCUT2D eigenvalue weighted by Gasteiger charge is 2.45. The largest absolute Gasteiger partial charge is 0.367 e. The number of alkyl halides is 2. The average Bonchev–Trinajstić information content (AvgIpc) is 2.85. The van der Waals surface area contributed by atoms with Gasteiger partial charge in [0.25, 0.3) is 0 Å². The number of benzene rings is 2. The smallest absolute Gasteiger partial charge is 0.248 e. The number of hydrogen-bond donors (Lipinski definition) is 1. The number of anilines is 2. The minimum atomic E-state index is -2.60. The first-order valence-electron chi connectivity index (χ1n) is 10.5. The van der Waals surface area contributed by atoms with Crippen LogP contribution in [0.15, 0.2) is 30.3 Å². The fourth-order valence-corrected chi connectivity index (χ4v) is 4.65. The van der Waals surface area contributed by atoms with Crippen LogP contribution in [-0.4, -0.2) is 18.4 Å². The molecule has 0 bridgehead atoms. The zero-order chi connectivity index (χ0) is 21.5. The molecule has 1 aliphatic heterocycles. The van der Waals surface area contributed by atoms with Gasteiger partial charge < -0.3 is 10.2 Å². The first kappa shape index (κ1) is 20.8. The fraction of sp³-hybridized carbons (Fsp3) is 0.458. The quantitative estimate of drug-likeness (QED) is 0.686. The number of halogens is 3. The minimum Gasteiger partial charge on any atom is -0.367 e. The lowest BCUT2D eigenvalue weighted by Crippen LogP contribution is -2.37. The number of hydrogen-bond acceptors (Lipinski definition) is 2. The summed E-state index contributed by atoms with van der Waals surface area (Å²) in [5.74, 6) is -3.24. The van der Waals surface area contributed by atoms with E-state index in [1.165, 1.54) is 6.07 Å². The summed E-state index contributed by atoms with van der Waals surface area (Å²) in [7, 11) is 0. The Morgan fingerprint density at radius 1 is 1.13 bits per heavy atom. The number of carbonyl (C=O) groups is 1. The molecule has 30 heavy (non-hydrogen) atoms. The molecule has 2 aromatic rings. The zero-order valence-corrected chi connectivity index (χ0v) is 17.4. The number of rotatable bonds is 4. The van der Waals surface area contributed by atoms with Crippen molar-refractivity contribution >= 4 is 17.3 Å². The van der Waals surface area contributed by atoms with Gasteiger partial charge in [-0.25, -0.2) is 13.2 Å². The van der Waals surface area contributed by atoms with Crippen molar-refractivity contribution in [1.82, 2.24) is 0 Å². The van der Waals surface area contributed by atoms with Crippen molar-refractivity contribution in [3.63, 3.8) is 0 Å². The van der Waals surface area contributed by atoms with Crippen LogP contribution < -0.4 is 10.2 Å². The molecule has 0 unspecified atom stereocenters. The number of aryl methyl sites for hydroxylation is 3. The Morgan fingerprint density at radius 3 is 2.50 bits per heavy atom. The van der Waals surface area contributed by atoms with Crippen LogP contribution in [0, 0.1) is 25.6 Å². The number of nitrogens with one attached hydrogen (secondary N) is 1. The third-order valence-electron chi connectivity index (χ3n) is 6.20. The van der Waals surface area contributed by atoms with Gasteiger partial charge in [0.1, 0.15) is 5.82 Å². The standard InChI is InChI=1S/C24H27F3N2O/c1-15-8-21(29-7-3-4-18-11-20(25)6-5-19(18)14-29)9-16(2)23(15)28-22(30)10-17-12-24(26,27)13-17/h5-6,8-9,11,17H,3-4,7,10,12-14H2,1-2H3,(H,28,30). The van der Waals surface area contributed by atoms with E-state index in [4.69, 9.17) is 0 Å². The second-order valence-electron chi connectivity index (χ2n) is 8.78. The SMILES string of the molecule is Cc1cc(N2CCCc3cc(F)ccc3C2)cc(C)c1NC(=O)CC1CC(F)(F)C1. The van der Waals surface area contributed by atoms with Gasteiger partial charge >= 0.3 is 0 Å². The van der Waals surface area contributed by atoms with Crippen LogP contribution in [0.1, 0.15) is 47.9 Å². The summed E-state index contributed by atoms with van der Waals surface area (Å²) >= 11 is 0. The van der Waals surface area contributed by atoms with Crippen LogP contribution in [0.2, 0.25) is 0 Å². The van der Waals surface area contributed by atoms with Gasteiger partial charge in [0.2, 0.25) is 11.8 Å². The van der Waals surface area contributed by atoms with Crippen LogP contribution in [0.4, 0.5) is 24.5 Å². The van der Waals surface area contributed by atoms with Gasteiger partial charge in [-0.15, -0.1) is 0 Å². The molecule has 1 heterocycles. The molecule has 1 amide bonds. The molecule has 3 nitrogen and oxygen atoms in total. The third kappa shape index (κ3) is 4.47. The van der Waals surface area contributed by atoms with Crippen LogP contribution in [0.5, 0.6) is 0 Å². The van der Waals surface area contributed by atoms with Crippen LogP contribution in [0.3, 0.4) is 0 Å². The number of amides is 1. The van der Waals surface area contributed by atoms with Crippen LogP contribution in [0.25, 0.3) is 0 Å². The van der Waals surface area contributed by atoms with Gasteiger partial charge in [0.05, 0.1) is 0 Å². The molecule has 2 aliphatic rings. The molecular formula is C24H27F3N2O. The van der Waals surface area contributed by atoms with E-state index in [1.807, 2.05) is 19.9 Å². The topological polar surface area (TPSA) is 32.3 Å². The Morgan fingerprint density at radius 2 is 1.83 bits per heavy atom. The van der Waals surface area contributed by atoms with E-state index in [1.54, 1.807) is 6.07 Å². The predicted molar refractivity (Wildman–Crippen MR) is 113 cm³/mol. The number of carbonyl (C=O) groups excluding carboxylic acids is 1. The molecule has 1 saturated carbocycles. The van der Waals surface area contributed by atoms with Gasteiger partial charge in [-0.05, 0) is 79.1 Å². The summed E-state index contributed by atoms with van der Waals surface area (Å²) in [6, 6.07) is 9.10. The maximum absolute atomic E-state index is 13.6. The molecule has 2 aromatic carbocycles. The molecule has 160 valence electrons.